The first-order valence-electron chi connectivity index (χ1n) is 3.85. The van der Waals surface area contributed by atoms with Gasteiger partial charge in [-0.05, 0) is 6.07 Å². The van der Waals surface area contributed by atoms with Crippen LogP contribution < -0.4 is 0 Å². The molecule has 0 fully saturated rings. The van der Waals surface area contributed by atoms with E-state index in [1.807, 2.05) is 6.07 Å². The number of hydrogen-bond acceptors (Lipinski definition) is 3. The van der Waals surface area contributed by atoms with Crippen LogP contribution in [-0.2, 0) is 9.47 Å². The summed E-state index contributed by atoms with van der Waals surface area (Å²) in [6, 6.07) is 6.96. The van der Waals surface area contributed by atoms with Crippen LogP contribution in [0.3, 0.4) is 0 Å². The number of aromatic hydroxyl groups is 1. The average molecular weight is 180 g/mol. The SMILES string of the molecule is COC(=Cc1ccccc1O)OC. The zero-order valence-electron chi connectivity index (χ0n) is 7.65. The number of ether oxygens (including phenoxy) is 2. The molecule has 0 aliphatic heterocycles. The monoisotopic (exact) mass is 180 g/mol. The molecule has 13 heavy (non-hydrogen) atoms. The highest BCUT2D eigenvalue weighted by molar-refractivity contribution is 5.57. The van der Waals surface area contributed by atoms with Crippen molar-refractivity contribution in [3.8, 4) is 5.75 Å². The van der Waals surface area contributed by atoms with E-state index in [2.05, 4.69) is 0 Å². The highest BCUT2D eigenvalue weighted by Gasteiger charge is 1.99. The first-order chi connectivity index (χ1) is 6.27. The quantitative estimate of drug-likeness (QED) is 0.723. The van der Waals surface area contributed by atoms with Gasteiger partial charge in [0.1, 0.15) is 5.75 Å². The van der Waals surface area contributed by atoms with Crippen LogP contribution >= 0.6 is 0 Å². The van der Waals surface area contributed by atoms with Crippen molar-refractivity contribution in [2.24, 2.45) is 0 Å². The van der Waals surface area contributed by atoms with Crippen molar-refractivity contribution >= 4 is 6.08 Å². The zero-order valence-corrected chi connectivity index (χ0v) is 7.65. The lowest BCUT2D eigenvalue weighted by Crippen LogP contribution is -1.88. The highest BCUT2D eigenvalue weighted by Crippen LogP contribution is 2.18. The number of rotatable bonds is 3. The van der Waals surface area contributed by atoms with Crippen molar-refractivity contribution in [1.29, 1.82) is 0 Å². The van der Waals surface area contributed by atoms with Crippen LogP contribution in [0.4, 0.5) is 0 Å². The van der Waals surface area contributed by atoms with Gasteiger partial charge in [0.25, 0.3) is 5.95 Å². The molecular formula is C10H12O3. The predicted octanol–water partition coefficient (Wildman–Crippen LogP) is 1.98. The molecule has 1 N–H and O–H groups in total. The lowest BCUT2D eigenvalue weighted by atomic mass is 10.2. The van der Waals surface area contributed by atoms with Crippen LogP contribution in [0.25, 0.3) is 6.08 Å². The Kier molecular flexibility index (Phi) is 3.20. The standard InChI is InChI=1S/C10H12O3/c1-12-10(13-2)7-8-5-3-4-6-9(8)11/h3-7,11H,1-2H3. The van der Waals surface area contributed by atoms with Crippen LogP contribution in [0.1, 0.15) is 5.56 Å². The second-order valence-corrected chi connectivity index (χ2v) is 2.43. The Balaban J connectivity index is 2.95. The zero-order chi connectivity index (χ0) is 9.68. The van der Waals surface area contributed by atoms with Gasteiger partial charge in [0.05, 0.1) is 14.2 Å². The van der Waals surface area contributed by atoms with Gasteiger partial charge < -0.3 is 14.6 Å². The molecule has 3 nitrogen and oxygen atoms in total. The fourth-order valence-corrected chi connectivity index (χ4v) is 0.938. The van der Waals surface area contributed by atoms with Gasteiger partial charge in [-0.3, -0.25) is 0 Å². The van der Waals surface area contributed by atoms with E-state index in [1.165, 1.54) is 14.2 Å². The predicted molar refractivity (Wildman–Crippen MR) is 50.1 cm³/mol. The van der Waals surface area contributed by atoms with E-state index in [-0.39, 0.29) is 5.75 Å². The molecule has 0 bridgehead atoms. The van der Waals surface area contributed by atoms with Crippen molar-refractivity contribution in [2.75, 3.05) is 14.2 Å². The maximum absolute atomic E-state index is 9.39. The molecule has 3 heteroatoms. The maximum atomic E-state index is 9.39. The van der Waals surface area contributed by atoms with E-state index in [1.54, 1.807) is 24.3 Å². The Morgan fingerprint density at radius 1 is 1.23 bits per heavy atom. The topological polar surface area (TPSA) is 38.7 Å². The van der Waals surface area contributed by atoms with E-state index in [9.17, 15) is 5.11 Å². The largest absolute Gasteiger partial charge is 0.507 e. The number of phenols is 1. The number of hydrogen-bond donors (Lipinski definition) is 1. The van der Waals surface area contributed by atoms with Crippen LogP contribution in [0.5, 0.6) is 5.75 Å². The summed E-state index contributed by atoms with van der Waals surface area (Å²) in [6.07, 6.45) is 1.62. The van der Waals surface area contributed by atoms with Crippen LogP contribution in [0.15, 0.2) is 30.2 Å². The lowest BCUT2D eigenvalue weighted by Gasteiger charge is -2.04. The minimum Gasteiger partial charge on any atom is -0.507 e. The smallest absolute Gasteiger partial charge is 0.279 e. The Hall–Kier alpha value is -1.64. The molecule has 0 aliphatic carbocycles. The third-order valence-corrected chi connectivity index (χ3v) is 1.61. The molecule has 0 atom stereocenters. The van der Waals surface area contributed by atoms with Gasteiger partial charge >= 0.3 is 0 Å². The number of para-hydroxylation sites is 1. The van der Waals surface area contributed by atoms with E-state index in [0.29, 0.717) is 11.5 Å². The normalized spacial score (nSPS) is 9.08. The van der Waals surface area contributed by atoms with Crippen LogP contribution in [0.2, 0.25) is 0 Å². The molecule has 0 aliphatic rings. The Bertz CT molecular complexity index is 299. The van der Waals surface area contributed by atoms with Crippen LogP contribution in [-0.4, -0.2) is 19.3 Å². The van der Waals surface area contributed by atoms with Gasteiger partial charge in [-0.2, -0.15) is 0 Å². The van der Waals surface area contributed by atoms with Gasteiger partial charge in [0.2, 0.25) is 0 Å². The van der Waals surface area contributed by atoms with Crippen molar-refractivity contribution in [3.05, 3.63) is 35.8 Å². The number of methoxy groups -OCH3 is 2. The van der Waals surface area contributed by atoms with Gasteiger partial charge in [-0.1, -0.05) is 18.2 Å². The minimum absolute atomic E-state index is 0.203. The van der Waals surface area contributed by atoms with Crippen LogP contribution in [0, 0.1) is 0 Å². The molecular weight excluding hydrogens is 168 g/mol. The van der Waals surface area contributed by atoms with Crippen molar-refractivity contribution < 1.29 is 14.6 Å². The first kappa shape index (κ1) is 9.45. The van der Waals surface area contributed by atoms with Crippen molar-refractivity contribution in [3.63, 3.8) is 0 Å². The summed E-state index contributed by atoms with van der Waals surface area (Å²) >= 11 is 0. The second-order valence-electron chi connectivity index (χ2n) is 2.43. The Morgan fingerprint density at radius 2 is 1.85 bits per heavy atom. The Labute approximate surface area is 77.2 Å². The number of phenolic OH excluding ortho intramolecular Hbond substituents is 1. The summed E-state index contributed by atoms with van der Waals surface area (Å²) in [5.74, 6) is 0.565. The highest BCUT2D eigenvalue weighted by atomic mass is 16.7. The summed E-state index contributed by atoms with van der Waals surface area (Å²) in [5.41, 5.74) is 0.668. The van der Waals surface area contributed by atoms with E-state index in [0.717, 1.165) is 0 Å². The van der Waals surface area contributed by atoms with Gasteiger partial charge in [-0.15, -0.1) is 0 Å². The molecule has 0 radical (unpaired) electrons. The minimum atomic E-state index is 0.203. The fourth-order valence-electron chi connectivity index (χ4n) is 0.938. The van der Waals surface area contributed by atoms with E-state index >= 15 is 0 Å². The van der Waals surface area contributed by atoms with E-state index < -0.39 is 0 Å². The van der Waals surface area contributed by atoms with E-state index in [4.69, 9.17) is 9.47 Å². The second kappa shape index (κ2) is 4.40. The van der Waals surface area contributed by atoms with Gasteiger partial charge in [0, 0.05) is 11.6 Å². The van der Waals surface area contributed by atoms with Gasteiger partial charge in [0.15, 0.2) is 0 Å². The summed E-state index contributed by atoms with van der Waals surface area (Å²) in [5, 5.41) is 9.39. The molecule has 1 aromatic rings. The maximum Gasteiger partial charge on any atom is 0.279 e. The fraction of sp³-hybridized carbons (Fsp3) is 0.200. The molecule has 0 heterocycles. The summed E-state index contributed by atoms with van der Waals surface area (Å²) in [7, 11) is 3.02. The average Bonchev–Trinajstić information content (AvgIpc) is 2.17. The number of benzene rings is 1. The first-order valence-corrected chi connectivity index (χ1v) is 3.85. The molecule has 0 aromatic heterocycles. The molecule has 0 unspecified atom stereocenters. The third-order valence-electron chi connectivity index (χ3n) is 1.61. The van der Waals surface area contributed by atoms with Gasteiger partial charge in [-0.25, -0.2) is 0 Å². The summed E-state index contributed by atoms with van der Waals surface area (Å²) in [4.78, 5) is 0. The lowest BCUT2D eigenvalue weighted by molar-refractivity contribution is 0.0999. The summed E-state index contributed by atoms with van der Waals surface area (Å²) in [6.45, 7) is 0. The summed E-state index contributed by atoms with van der Waals surface area (Å²) < 4.78 is 9.77. The van der Waals surface area contributed by atoms with Crippen molar-refractivity contribution in [2.45, 2.75) is 0 Å². The molecule has 0 spiro atoms. The molecule has 1 aromatic carbocycles. The molecule has 70 valence electrons. The molecule has 1 rings (SSSR count). The molecule has 0 saturated carbocycles. The third kappa shape index (κ3) is 2.40. The molecule has 0 saturated heterocycles. The Morgan fingerprint density at radius 3 is 2.38 bits per heavy atom. The molecule has 0 amide bonds. The van der Waals surface area contributed by atoms with Crippen molar-refractivity contribution in [1.82, 2.24) is 0 Å².